The molecule has 0 unspecified atom stereocenters. The Bertz CT molecular complexity index is 1060. The van der Waals surface area contributed by atoms with Gasteiger partial charge < -0.3 is 5.32 Å². The number of hydrogen-bond donors (Lipinski definition) is 1. The molecular formula is C19H17BrN2O5S. The van der Waals surface area contributed by atoms with Crippen LogP contribution in [0, 0.1) is 0 Å². The van der Waals surface area contributed by atoms with E-state index < -0.39 is 21.7 Å². The van der Waals surface area contributed by atoms with E-state index in [1.807, 2.05) is 0 Å². The number of carbonyl (C=O) groups excluding carboxylic acids is 3. The molecule has 0 spiro atoms. The Morgan fingerprint density at radius 3 is 2.32 bits per heavy atom. The highest BCUT2D eigenvalue weighted by Crippen LogP contribution is 2.26. The first-order valence-corrected chi connectivity index (χ1v) is 11.0. The minimum Gasteiger partial charge on any atom is -0.326 e. The minimum absolute atomic E-state index is 0.00441. The predicted octanol–water partition coefficient (Wildman–Crippen LogP) is 2.87. The molecule has 0 fully saturated rings. The van der Waals surface area contributed by atoms with Crippen LogP contribution in [0.25, 0.3) is 0 Å². The van der Waals surface area contributed by atoms with E-state index >= 15 is 0 Å². The van der Waals surface area contributed by atoms with Crippen molar-refractivity contribution in [1.29, 1.82) is 0 Å². The molecule has 0 saturated heterocycles. The summed E-state index contributed by atoms with van der Waals surface area (Å²) in [6.45, 7) is 1.51. The maximum atomic E-state index is 12.4. The third-order valence-corrected chi connectivity index (χ3v) is 6.62. The van der Waals surface area contributed by atoms with Crippen molar-refractivity contribution in [2.45, 2.75) is 18.2 Å². The van der Waals surface area contributed by atoms with Gasteiger partial charge in [0, 0.05) is 23.1 Å². The number of fused-ring (bicyclic) bond motifs is 1. The molecule has 1 N–H and O–H groups in total. The van der Waals surface area contributed by atoms with E-state index in [0.717, 1.165) is 4.90 Å². The fraction of sp³-hybridized carbons (Fsp3) is 0.211. The molecule has 0 radical (unpaired) electrons. The lowest BCUT2D eigenvalue weighted by atomic mass is 10.1. The average Bonchev–Trinajstić information content (AvgIpc) is 2.90. The molecule has 0 aromatic heterocycles. The Morgan fingerprint density at radius 1 is 1.04 bits per heavy atom. The molecule has 3 amide bonds. The minimum atomic E-state index is -3.30. The molecule has 2 aromatic rings. The van der Waals surface area contributed by atoms with E-state index in [4.69, 9.17) is 0 Å². The normalized spacial score (nSPS) is 13.6. The second-order valence-electron chi connectivity index (χ2n) is 6.18. The van der Waals surface area contributed by atoms with Crippen molar-refractivity contribution in [3.05, 3.63) is 58.1 Å². The molecule has 7 nitrogen and oxygen atoms in total. The highest BCUT2D eigenvalue weighted by atomic mass is 79.9. The van der Waals surface area contributed by atoms with Gasteiger partial charge in [0.2, 0.25) is 5.91 Å². The Morgan fingerprint density at radius 2 is 1.68 bits per heavy atom. The number of amides is 3. The van der Waals surface area contributed by atoms with E-state index in [2.05, 4.69) is 21.2 Å². The van der Waals surface area contributed by atoms with Crippen LogP contribution in [0.3, 0.4) is 0 Å². The van der Waals surface area contributed by atoms with Gasteiger partial charge in [-0.3, -0.25) is 19.3 Å². The second-order valence-corrected chi connectivity index (χ2v) is 9.37. The van der Waals surface area contributed by atoms with E-state index in [9.17, 15) is 22.8 Å². The van der Waals surface area contributed by atoms with Crippen LogP contribution in [0.1, 0.15) is 34.1 Å². The van der Waals surface area contributed by atoms with Crippen molar-refractivity contribution >= 4 is 49.2 Å². The maximum Gasteiger partial charge on any atom is 0.261 e. The summed E-state index contributed by atoms with van der Waals surface area (Å²) >= 11 is 3.27. The predicted molar refractivity (Wildman–Crippen MR) is 107 cm³/mol. The van der Waals surface area contributed by atoms with Crippen LogP contribution in [0.2, 0.25) is 0 Å². The van der Waals surface area contributed by atoms with Crippen molar-refractivity contribution in [2.75, 3.05) is 17.6 Å². The number of sulfone groups is 1. The van der Waals surface area contributed by atoms with Gasteiger partial charge in [-0.25, -0.2) is 8.42 Å². The van der Waals surface area contributed by atoms with Gasteiger partial charge in [-0.15, -0.1) is 0 Å². The number of imide groups is 1. The number of anilines is 1. The molecule has 1 heterocycles. The summed E-state index contributed by atoms with van der Waals surface area (Å²) in [5.74, 6) is -1.24. The zero-order valence-corrected chi connectivity index (χ0v) is 17.3. The van der Waals surface area contributed by atoms with E-state index in [1.165, 1.54) is 24.3 Å². The van der Waals surface area contributed by atoms with Gasteiger partial charge in [0.05, 0.1) is 21.8 Å². The van der Waals surface area contributed by atoms with Crippen LogP contribution >= 0.6 is 15.9 Å². The van der Waals surface area contributed by atoms with E-state index in [0.29, 0.717) is 21.3 Å². The number of benzene rings is 2. The van der Waals surface area contributed by atoms with Crippen molar-refractivity contribution in [1.82, 2.24) is 4.90 Å². The monoisotopic (exact) mass is 464 g/mol. The standard InChI is InChI=1S/C19H17BrN2O5S/c1-2-28(26,27)14-6-4-13(5-7-14)21-17(23)9-10-22-18(24)15-8-3-12(20)11-16(15)19(22)25/h3-8,11H,2,9-10H2,1H3,(H,21,23). The van der Waals surface area contributed by atoms with Crippen LogP contribution in [0.15, 0.2) is 51.8 Å². The topological polar surface area (TPSA) is 101 Å². The molecule has 1 aliphatic rings. The summed E-state index contributed by atoms with van der Waals surface area (Å²) in [5.41, 5.74) is 1.07. The molecule has 0 atom stereocenters. The first-order valence-electron chi connectivity index (χ1n) is 8.51. The Hall–Kier alpha value is -2.52. The fourth-order valence-corrected chi connectivity index (χ4v) is 4.06. The first kappa shape index (κ1) is 20.2. The molecule has 0 saturated carbocycles. The number of nitrogens with zero attached hydrogens (tertiary/aromatic N) is 1. The number of nitrogens with one attached hydrogen (secondary N) is 1. The van der Waals surface area contributed by atoms with Crippen LogP contribution < -0.4 is 5.32 Å². The van der Waals surface area contributed by atoms with Gasteiger partial charge in [-0.2, -0.15) is 0 Å². The molecule has 0 bridgehead atoms. The molecular weight excluding hydrogens is 448 g/mol. The van der Waals surface area contributed by atoms with Gasteiger partial charge in [0.15, 0.2) is 9.84 Å². The van der Waals surface area contributed by atoms with E-state index in [1.54, 1.807) is 25.1 Å². The highest BCUT2D eigenvalue weighted by Gasteiger charge is 2.35. The molecule has 9 heteroatoms. The highest BCUT2D eigenvalue weighted by molar-refractivity contribution is 9.10. The summed E-state index contributed by atoms with van der Waals surface area (Å²) in [5, 5.41) is 2.63. The fourth-order valence-electron chi connectivity index (χ4n) is 2.82. The number of halogens is 1. The lowest BCUT2D eigenvalue weighted by Gasteiger charge is -2.13. The van der Waals surface area contributed by atoms with Gasteiger partial charge in [-0.1, -0.05) is 22.9 Å². The quantitative estimate of drug-likeness (QED) is 0.662. The van der Waals surface area contributed by atoms with Crippen molar-refractivity contribution in [2.24, 2.45) is 0 Å². The largest absolute Gasteiger partial charge is 0.326 e. The smallest absolute Gasteiger partial charge is 0.261 e. The Kier molecular flexibility index (Phi) is 5.66. The summed E-state index contributed by atoms with van der Waals surface area (Å²) in [6, 6.07) is 10.7. The average molecular weight is 465 g/mol. The van der Waals surface area contributed by atoms with Crippen LogP contribution in [0.4, 0.5) is 5.69 Å². The maximum absolute atomic E-state index is 12.4. The summed E-state index contributed by atoms with van der Waals surface area (Å²) in [6.07, 6.45) is -0.0678. The van der Waals surface area contributed by atoms with Crippen molar-refractivity contribution < 1.29 is 22.8 Å². The number of hydrogen-bond acceptors (Lipinski definition) is 5. The van der Waals surface area contributed by atoms with Crippen LogP contribution in [-0.2, 0) is 14.6 Å². The summed E-state index contributed by atoms with van der Waals surface area (Å²) in [7, 11) is -3.30. The molecule has 2 aromatic carbocycles. The summed E-state index contributed by atoms with van der Waals surface area (Å²) < 4.78 is 24.3. The molecule has 28 heavy (non-hydrogen) atoms. The first-order chi connectivity index (χ1) is 13.2. The zero-order chi connectivity index (χ0) is 20.5. The Labute approximate surface area is 170 Å². The third-order valence-electron chi connectivity index (χ3n) is 4.37. The van der Waals surface area contributed by atoms with Crippen molar-refractivity contribution in [3.8, 4) is 0 Å². The van der Waals surface area contributed by atoms with Gasteiger partial charge in [0.25, 0.3) is 11.8 Å². The van der Waals surface area contributed by atoms with Gasteiger partial charge in [0.1, 0.15) is 0 Å². The molecule has 3 rings (SSSR count). The summed E-state index contributed by atoms with van der Waals surface area (Å²) in [4.78, 5) is 38.1. The Balaban J connectivity index is 1.61. The van der Waals surface area contributed by atoms with Crippen LogP contribution in [-0.4, -0.2) is 43.3 Å². The number of carbonyl (C=O) groups is 3. The van der Waals surface area contributed by atoms with Gasteiger partial charge in [-0.05, 0) is 42.5 Å². The number of rotatable bonds is 6. The SMILES string of the molecule is CCS(=O)(=O)c1ccc(NC(=O)CCN2C(=O)c3ccc(Br)cc3C2=O)cc1. The molecule has 0 aliphatic carbocycles. The second kappa shape index (κ2) is 7.84. The van der Waals surface area contributed by atoms with Gasteiger partial charge >= 0.3 is 0 Å². The molecule has 146 valence electrons. The van der Waals surface area contributed by atoms with Crippen molar-refractivity contribution in [3.63, 3.8) is 0 Å². The van der Waals surface area contributed by atoms with E-state index in [-0.39, 0.29) is 29.5 Å². The lowest BCUT2D eigenvalue weighted by Crippen LogP contribution is -2.32. The third kappa shape index (κ3) is 4.00. The van der Waals surface area contributed by atoms with Crippen LogP contribution in [0.5, 0.6) is 0 Å². The zero-order valence-electron chi connectivity index (χ0n) is 14.9. The lowest BCUT2D eigenvalue weighted by molar-refractivity contribution is -0.116. The molecule has 1 aliphatic heterocycles.